The molecule has 0 radical (unpaired) electrons. The largest absolute Gasteiger partial charge is 0.456 e. The van der Waals surface area contributed by atoms with E-state index in [9.17, 15) is 11.0 Å². The molecule has 0 spiro atoms. The maximum absolute atomic E-state index is 9.70. The highest BCUT2D eigenvalue weighted by atomic mass is 16.3. The van der Waals surface area contributed by atoms with Crippen molar-refractivity contribution >= 4 is 108 Å². The summed E-state index contributed by atoms with van der Waals surface area (Å²) in [4.78, 5) is 0. The second-order valence-corrected chi connectivity index (χ2v) is 19.3. The van der Waals surface area contributed by atoms with Gasteiger partial charge in [-0.05, 0) is 172 Å². The molecular formula is C80H50O. The van der Waals surface area contributed by atoms with Crippen LogP contribution in [0.25, 0.3) is 164 Å². The molecule has 376 valence electrons. The van der Waals surface area contributed by atoms with Gasteiger partial charge in [0.2, 0.25) is 0 Å². The van der Waals surface area contributed by atoms with Crippen LogP contribution in [0.15, 0.2) is 307 Å². The summed E-state index contributed by atoms with van der Waals surface area (Å²) in [6, 6.07) is 28.2. The van der Waals surface area contributed by atoms with Gasteiger partial charge in [-0.2, -0.15) is 0 Å². The van der Waals surface area contributed by atoms with E-state index in [2.05, 4.69) is 146 Å². The van der Waals surface area contributed by atoms with Crippen molar-refractivity contribution in [2.45, 2.75) is 0 Å². The van der Waals surface area contributed by atoms with Gasteiger partial charge in [0.1, 0.15) is 11.2 Å². The number of benzene rings is 16. The third-order valence-electron chi connectivity index (χ3n) is 14.9. The van der Waals surface area contributed by atoms with Crippen LogP contribution in [0.1, 0.15) is 35.6 Å². The van der Waals surface area contributed by atoms with Crippen LogP contribution < -0.4 is 0 Å². The van der Waals surface area contributed by atoms with Gasteiger partial charge in [-0.3, -0.25) is 0 Å². The Morgan fingerprint density at radius 2 is 0.716 bits per heavy atom. The molecule has 17 rings (SSSR count). The lowest BCUT2D eigenvalue weighted by atomic mass is 9.84. The van der Waals surface area contributed by atoms with Gasteiger partial charge in [0.25, 0.3) is 0 Å². The van der Waals surface area contributed by atoms with E-state index in [0.717, 1.165) is 16.6 Å². The molecule has 0 atom stereocenters. The summed E-state index contributed by atoms with van der Waals surface area (Å²) in [6.45, 7) is 0. The van der Waals surface area contributed by atoms with Crippen molar-refractivity contribution < 1.29 is 40.1 Å². The molecular weight excluding hydrogens is 977 g/mol. The quantitative estimate of drug-likeness (QED) is 0.157. The molecule has 17 aromatic rings. The van der Waals surface area contributed by atoms with Gasteiger partial charge in [-0.25, -0.2) is 0 Å². The van der Waals surface area contributed by atoms with Gasteiger partial charge < -0.3 is 4.42 Å². The van der Waals surface area contributed by atoms with Crippen LogP contribution in [-0.4, -0.2) is 0 Å². The van der Waals surface area contributed by atoms with Crippen LogP contribution >= 0.6 is 0 Å². The molecule has 1 heteroatoms. The van der Waals surface area contributed by atoms with E-state index in [0.29, 0.717) is 0 Å². The Morgan fingerprint density at radius 3 is 1.42 bits per heavy atom. The van der Waals surface area contributed by atoms with Crippen molar-refractivity contribution in [1.29, 1.82) is 0 Å². The summed E-state index contributed by atoms with van der Waals surface area (Å²) in [6.07, 6.45) is 0. The molecule has 0 amide bonds. The first-order valence-corrected chi connectivity index (χ1v) is 25.9. The zero-order chi connectivity index (χ0) is 76.0. The maximum atomic E-state index is 9.70. The monoisotopic (exact) mass is 1050 g/mol. The summed E-state index contributed by atoms with van der Waals surface area (Å²) in [5, 5.41) is 6.89. The van der Waals surface area contributed by atoms with E-state index in [1.54, 1.807) is 0 Å². The van der Waals surface area contributed by atoms with E-state index in [4.69, 9.17) is 29.1 Å². The molecule has 0 aliphatic carbocycles. The lowest BCUT2D eigenvalue weighted by Gasteiger charge is -2.19. The minimum absolute atomic E-state index is 0.554. The van der Waals surface area contributed by atoms with E-state index in [-0.39, 0.29) is 0 Å². The maximum Gasteiger partial charge on any atom is 0.136 e. The summed E-state index contributed by atoms with van der Waals surface area (Å²) >= 11 is 0. The molecule has 81 heavy (non-hydrogen) atoms. The lowest BCUT2D eigenvalue weighted by molar-refractivity contribution is 0.669. The number of fused-ring (bicyclic) bond motifs is 11. The van der Waals surface area contributed by atoms with Crippen LogP contribution in [0.5, 0.6) is 0 Å². The van der Waals surface area contributed by atoms with Crippen LogP contribution in [0.4, 0.5) is 0 Å². The van der Waals surface area contributed by atoms with Gasteiger partial charge in [0.15, 0.2) is 0 Å². The Morgan fingerprint density at radius 1 is 0.235 bits per heavy atom. The van der Waals surface area contributed by atoms with Gasteiger partial charge in [-0.15, -0.1) is 0 Å². The molecule has 0 aliphatic heterocycles. The Bertz CT molecular complexity index is 6810. The number of hydrogen-bond acceptors (Lipinski definition) is 1. The average Bonchev–Trinajstić information content (AvgIpc) is 1.33. The molecule has 0 saturated heterocycles. The molecule has 1 heterocycles. The molecule has 1 nitrogen and oxygen atoms in total. The summed E-state index contributed by atoms with van der Waals surface area (Å²) < 4.78 is 238. The van der Waals surface area contributed by atoms with Crippen molar-refractivity contribution in [3.63, 3.8) is 0 Å². The van der Waals surface area contributed by atoms with Gasteiger partial charge in [-0.1, -0.05) is 272 Å². The zero-order valence-corrected chi connectivity index (χ0v) is 42.3. The average molecular weight is 1050 g/mol. The molecule has 0 fully saturated rings. The number of hydrogen-bond donors (Lipinski definition) is 0. The van der Waals surface area contributed by atoms with Crippen LogP contribution in [-0.2, 0) is 0 Å². The predicted molar refractivity (Wildman–Crippen MR) is 347 cm³/mol. The highest BCUT2D eigenvalue weighted by molar-refractivity contribution is 6.28. The molecule has 16 aromatic carbocycles. The zero-order valence-electron chi connectivity index (χ0n) is 68.3. The molecule has 0 aliphatic rings. The lowest BCUT2D eigenvalue weighted by Crippen LogP contribution is -1.92. The van der Waals surface area contributed by atoms with Crippen LogP contribution in [0.2, 0.25) is 0 Å². The summed E-state index contributed by atoms with van der Waals surface area (Å²) in [5.74, 6) is 0. The first kappa shape index (κ1) is 27.3. The highest BCUT2D eigenvalue weighted by Crippen LogP contribution is 2.49. The van der Waals surface area contributed by atoms with Gasteiger partial charge in [0, 0.05) is 10.8 Å². The van der Waals surface area contributed by atoms with Crippen molar-refractivity contribution in [2.24, 2.45) is 0 Å². The topological polar surface area (TPSA) is 13.1 Å². The minimum Gasteiger partial charge on any atom is -0.456 e. The molecule has 0 saturated carbocycles. The second kappa shape index (κ2) is 19.1. The van der Waals surface area contributed by atoms with E-state index >= 15 is 0 Å². The molecule has 0 bridgehead atoms. The van der Waals surface area contributed by atoms with E-state index in [1.807, 2.05) is 0 Å². The molecule has 0 unspecified atom stereocenters. The van der Waals surface area contributed by atoms with Crippen LogP contribution in [0, 0.1) is 0 Å². The SMILES string of the molecule is [2H]c1c([2H])c(-c2c([2H])c([2H])c3c([2H])c([2H])c([2H])c([2H])c3c2[2H])c([2H])c(-c2c3c([2H])c([2H])c([2H])c([2H])c3c(-c3c([2H])c([2H])c([2H])c4c([2H])c([2H])c([2H])c([2H])c34)c3c([2H])c([2H])c([2H])c([2H])c23)c1[2H].c1ccc2cc3c(cc2c1)oc1cccc(-c2c4ccccc4c(-c4cccc5ccccc45)c4ccccc24)c13. The van der Waals surface area contributed by atoms with E-state index < -0.39 is 234 Å². The third kappa shape index (κ3) is 7.70. The summed E-state index contributed by atoms with van der Waals surface area (Å²) in [5.41, 5.74) is 2.15. The smallest absolute Gasteiger partial charge is 0.136 e. The fourth-order valence-electron chi connectivity index (χ4n) is 11.5. The molecule has 0 N–H and O–H groups in total. The normalized spacial score (nSPS) is 16.2. The Labute approximate surface area is 505 Å². The Balaban J connectivity index is 0.000000181. The number of rotatable bonds is 5. The molecule has 1 aromatic heterocycles. The Kier molecular flexibility index (Phi) is 6.44. The predicted octanol–water partition coefficient (Wildman–Crippen LogP) is 22.8. The number of furan rings is 1. The summed E-state index contributed by atoms with van der Waals surface area (Å²) in [7, 11) is 0. The standard InChI is InChI=1S/C40H24O.C40H26/c1-2-13-27-24-37-35(23-26(27)12-1)40-34(21-10-22-36(40)41-37)39-32-18-7-5-16-30(32)38(31-17-6-8-19-33(31)39)29-20-9-14-25-11-3-4-15-28(25)29;1-2-13-29-25-31(24-23-27(29)11-1)30-15-9-16-32(26-30)39-35-18-5-7-20-37(35)40(38-21-8-6-19-36(38)39)34-22-10-14-28-12-3-4-17-33(28)34/h1-24H;1-26H/i;1D,2D,3D,4D,5D,6D,7D,8D,9D,10D,11D,12D,13D,14D,15D,16D,17D,18D,19D,20D,21D,22D,23D,24D,25D,26D. The minimum atomic E-state index is -1.07. The van der Waals surface area contributed by atoms with Gasteiger partial charge in [0.05, 0.1) is 35.6 Å². The fraction of sp³-hybridized carbons (Fsp3) is 0. The highest BCUT2D eigenvalue weighted by Gasteiger charge is 2.22. The fourth-order valence-corrected chi connectivity index (χ4v) is 11.5. The van der Waals surface area contributed by atoms with Crippen molar-refractivity contribution in [3.05, 3.63) is 303 Å². The third-order valence-corrected chi connectivity index (χ3v) is 14.9. The first-order chi connectivity index (χ1) is 51.0. The van der Waals surface area contributed by atoms with Gasteiger partial charge >= 0.3 is 0 Å². The Hall–Kier alpha value is -10.6. The van der Waals surface area contributed by atoms with Crippen LogP contribution in [0.3, 0.4) is 0 Å². The second-order valence-electron chi connectivity index (χ2n) is 19.3. The van der Waals surface area contributed by atoms with Crippen molar-refractivity contribution in [3.8, 4) is 55.6 Å². The van der Waals surface area contributed by atoms with E-state index in [1.165, 1.54) is 70.7 Å². The van der Waals surface area contributed by atoms with Crippen molar-refractivity contribution in [1.82, 2.24) is 0 Å². The van der Waals surface area contributed by atoms with Crippen molar-refractivity contribution in [2.75, 3.05) is 0 Å². The first-order valence-electron chi connectivity index (χ1n) is 38.9.